The molecule has 290 valence electrons. The van der Waals surface area contributed by atoms with Gasteiger partial charge in [0.15, 0.2) is 0 Å². The van der Waals surface area contributed by atoms with Crippen LogP contribution >= 0.6 is 0 Å². The van der Waals surface area contributed by atoms with Crippen molar-refractivity contribution in [2.24, 2.45) is 28.6 Å². The number of ether oxygens (including phenoxy) is 4. The topological polar surface area (TPSA) is 108 Å². The molecule has 2 aliphatic heterocycles. The number of esters is 3. The minimum Gasteiger partial charge on any atom is -0.508 e. The van der Waals surface area contributed by atoms with Crippen LogP contribution in [-0.4, -0.2) is 48.1 Å². The van der Waals surface area contributed by atoms with Crippen LogP contribution in [0.25, 0.3) is 0 Å². The predicted octanol–water partition coefficient (Wildman–Crippen LogP) is 11.1. The van der Waals surface area contributed by atoms with E-state index in [-0.39, 0.29) is 92.3 Å². The van der Waals surface area contributed by atoms with Gasteiger partial charge >= 0.3 is 17.9 Å². The Balaban J connectivity index is -0.000000300. The van der Waals surface area contributed by atoms with Crippen LogP contribution in [0.5, 0.6) is 5.75 Å². The highest BCUT2D eigenvalue weighted by Crippen LogP contribution is 2.55. The lowest BCUT2D eigenvalue weighted by atomic mass is 9.87. The summed E-state index contributed by atoms with van der Waals surface area (Å²) in [6.07, 6.45) is 6.83. The first-order chi connectivity index (χ1) is 20.2. The van der Waals surface area contributed by atoms with E-state index in [4.69, 9.17) is 24.1 Å². The number of rotatable bonds is 8. The number of fused-ring (bicyclic) bond motifs is 1. The van der Waals surface area contributed by atoms with Gasteiger partial charge in [0.2, 0.25) is 6.29 Å². The number of aromatic hydroxyl groups is 1. The minimum absolute atomic E-state index is 0. The molecule has 8 heteroatoms. The third-order valence-corrected chi connectivity index (χ3v) is 9.98. The fraction of sp³-hybridized carbons (Fsp3) is 0.780. The van der Waals surface area contributed by atoms with Gasteiger partial charge < -0.3 is 24.1 Å². The molecular weight excluding hydrogens is 620 g/mol. The molecule has 0 spiro atoms. The molecule has 8 nitrogen and oxygen atoms in total. The second kappa shape index (κ2) is 23.0. The first kappa shape index (κ1) is 53.2. The highest BCUT2D eigenvalue weighted by molar-refractivity contribution is 5.78. The maximum atomic E-state index is 12.1. The van der Waals surface area contributed by atoms with E-state index in [1.807, 2.05) is 53.7 Å². The highest BCUT2D eigenvalue weighted by Gasteiger charge is 2.63. The second-order valence-corrected chi connectivity index (χ2v) is 13.9. The Morgan fingerprint density at radius 3 is 1.86 bits per heavy atom. The Morgan fingerprint density at radius 2 is 1.39 bits per heavy atom. The fourth-order valence-electron chi connectivity index (χ4n) is 5.76. The van der Waals surface area contributed by atoms with Crippen LogP contribution in [0.4, 0.5) is 0 Å². The first-order valence-corrected chi connectivity index (χ1v) is 16.3. The number of hydrogen-bond acceptors (Lipinski definition) is 8. The van der Waals surface area contributed by atoms with Gasteiger partial charge in [-0.25, -0.2) is 0 Å². The third kappa shape index (κ3) is 13.6. The SMILES string of the molecule is C.C.C.C.C.C.CCC(C)(C)C(=O)OC1C2CC3C(=O)OC1C3C2.CCC(C)(C)C(=O)OC1CCCCO1.CCC(C)c1ccc(O)cc1. The Bertz CT molecular complexity index is 1070. The summed E-state index contributed by atoms with van der Waals surface area (Å²) >= 11 is 0. The summed E-state index contributed by atoms with van der Waals surface area (Å²) in [5.41, 5.74) is 0.454. The summed E-state index contributed by atoms with van der Waals surface area (Å²) in [7, 11) is 0. The van der Waals surface area contributed by atoms with Crippen LogP contribution in [-0.2, 0) is 33.3 Å². The molecule has 4 aliphatic rings. The molecular formula is C41H78O8. The van der Waals surface area contributed by atoms with Crippen LogP contribution in [0, 0.1) is 28.6 Å². The molecule has 0 amide bonds. The van der Waals surface area contributed by atoms with Gasteiger partial charge in [0, 0.05) is 18.3 Å². The largest absolute Gasteiger partial charge is 0.508 e. The lowest BCUT2D eigenvalue weighted by Gasteiger charge is -2.29. The molecule has 2 saturated heterocycles. The maximum Gasteiger partial charge on any atom is 0.313 e. The summed E-state index contributed by atoms with van der Waals surface area (Å²) in [5.74, 6) is 1.25. The van der Waals surface area contributed by atoms with Crippen molar-refractivity contribution >= 4 is 17.9 Å². The zero-order valence-electron chi connectivity index (χ0n) is 27.5. The number of phenols is 1. The molecule has 0 radical (unpaired) electrons. The van der Waals surface area contributed by atoms with Gasteiger partial charge in [0.25, 0.3) is 0 Å². The van der Waals surface area contributed by atoms with E-state index in [1.165, 1.54) is 5.56 Å². The lowest BCUT2D eigenvalue weighted by molar-refractivity contribution is -0.196. The first-order valence-electron chi connectivity index (χ1n) is 16.3. The maximum absolute atomic E-state index is 12.1. The summed E-state index contributed by atoms with van der Waals surface area (Å²) in [6, 6.07) is 7.43. The van der Waals surface area contributed by atoms with Crippen molar-refractivity contribution in [3.05, 3.63) is 29.8 Å². The van der Waals surface area contributed by atoms with E-state index in [9.17, 15) is 14.4 Å². The Labute approximate surface area is 302 Å². The highest BCUT2D eigenvalue weighted by atomic mass is 16.7. The zero-order chi connectivity index (χ0) is 31.9. The van der Waals surface area contributed by atoms with Crippen molar-refractivity contribution in [3.8, 4) is 5.75 Å². The smallest absolute Gasteiger partial charge is 0.313 e. The number of carbonyl (C=O) groups excluding carboxylic acids is 3. The van der Waals surface area contributed by atoms with Crippen LogP contribution in [0.1, 0.15) is 163 Å². The van der Waals surface area contributed by atoms with E-state index in [0.717, 1.165) is 51.4 Å². The summed E-state index contributed by atoms with van der Waals surface area (Å²) in [5, 5.41) is 9.01. The average molecular weight is 699 g/mol. The molecule has 49 heavy (non-hydrogen) atoms. The third-order valence-electron chi connectivity index (χ3n) is 9.98. The molecule has 4 fully saturated rings. The molecule has 2 saturated carbocycles. The molecule has 1 aromatic rings. The zero-order valence-corrected chi connectivity index (χ0v) is 27.5. The predicted molar refractivity (Wildman–Crippen MR) is 204 cm³/mol. The van der Waals surface area contributed by atoms with Gasteiger partial charge in [-0.1, -0.05) is 84.4 Å². The standard InChI is InChI=1S/C14H20O4.C11H20O3.C10H14O.6CH4/c1-4-14(2,3)13(16)18-10-7-5-8-9(6-7)12(15)17-11(8)10;1-4-11(2,3)10(12)14-9-7-5-6-8-13-9;1-3-8(2)9-4-6-10(11)7-5-9;;;;;;/h7-11H,4-6H2,1-3H3;9H,4-8H2,1-3H3;4-8,11H,3H2,1-2H3;6*1H4. The molecule has 2 aliphatic carbocycles. The Morgan fingerprint density at radius 1 is 0.857 bits per heavy atom. The molecule has 2 heterocycles. The molecule has 0 aromatic heterocycles. The van der Waals surface area contributed by atoms with Gasteiger partial charge in [0.1, 0.15) is 18.0 Å². The van der Waals surface area contributed by atoms with Crippen molar-refractivity contribution in [3.63, 3.8) is 0 Å². The molecule has 1 N–H and O–H groups in total. The minimum atomic E-state index is -0.455. The molecule has 7 unspecified atom stereocenters. The van der Waals surface area contributed by atoms with Gasteiger partial charge in [-0.15, -0.1) is 0 Å². The van der Waals surface area contributed by atoms with Gasteiger partial charge in [-0.2, -0.15) is 0 Å². The van der Waals surface area contributed by atoms with Crippen LogP contribution < -0.4 is 0 Å². The van der Waals surface area contributed by atoms with Crippen molar-refractivity contribution in [2.75, 3.05) is 6.61 Å². The summed E-state index contributed by atoms with van der Waals surface area (Å²) in [4.78, 5) is 35.4. The fourth-order valence-corrected chi connectivity index (χ4v) is 5.76. The number of benzene rings is 1. The number of phenolic OH excluding ortho intramolecular Hbond substituents is 1. The normalized spacial score (nSPS) is 24.6. The van der Waals surface area contributed by atoms with E-state index in [2.05, 4.69) is 13.8 Å². The van der Waals surface area contributed by atoms with Crippen molar-refractivity contribution < 1.29 is 38.4 Å². The van der Waals surface area contributed by atoms with Gasteiger partial charge in [-0.3, -0.25) is 14.4 Å². The van der Waals surface area contributed by atoms with E-state index < -0.39 is 5.41 Å². The number of hydrogen-bond donors (Lipinski definition) is 1. The van der Waals surface area contributed by atoms with Crippen molar-refractivity contribution in [1.29, 1.82) is 0 Å². The van der Waals surface area contributed by atoms with Crippen LogP contribution in [0.2, 0.25) is 0 Å². The molecule has 1 aromatic carbocycles. The van der Waals surface area contributed by atoms with Crippen molar-refractivity contribution in [1.82, 2.24) is 0 Å². The molecule has 5 rings (SSSR count). The summed E-state index contributed by atoms with van der Waals surface area (Å²) < 4.78 is 21.7. The van der Waals surface area contributed by atoms with Crippen molar-refractivity contribution in [2.45, 2.75) is 176 Å². The van der Waals surface area contributed by atoms with Crippen LogP contribution in [0.15, 0.2) is 24.3 Å². The molecule has 7 atom stereocenters. The number of carbonyl (C=O) groups is 3. The van der Waals surface area contributed by atoms with E-state index in [0.29, 0.717) is 30.1 Å². The molecule has 2 bridgehead atoms. The quantitative estimate of drug-likeness (QED) is 0.211. The monoisotopic (exact) mass is 699 g/mol. The van der Waals surface area contributed by atoms with Crippen LogP contribution in [0.3, 0.4) is 0 Å². The van der Waals surface area contributed by atoms with Gasteiger partial charge in [0.05, 0.1) is 23.4 Å². The second-order valence-electron chi connectivity index (χ2n) is 13.9. The summed E-state index contributed by atoms with van der Waals surface area (Å²) in [6.45, 7) is 16.6. The Hall–Kier alpha value is -2.61. The van der Waals surface area contributed by atoms with E-state index >= 15 is 0 Å². The Kier molecular flexibility index (Phi) is 24.9. The average Bonchev–Trinajstić information content (AvgIpc) is 3.64. The lowest BCUT2D eigenvalue weighted by Crippen LogP contribution is -2.39. The van der Waals surface area contributed by atoms with Gasteiger partial charge in [-0.05, 0) is 96.3 Å². The van der Waals surface area contributed by atoms with E-state index in [1.54, 1.807) is 12.1 Å².